The molecule has 3 amide bonds. The predicted octanol–water partition coefficient (Wildman–Crippen LogP) is 7.28. The van der Waals surface area contributed by atoms with E-state index in [4.69, 9.17) is 9.47 Å². The lowest BCUT2D eigenvalue weighted by atomic mass is 10.1. The second-order valence-electron chi connectivity index (χ2n) is 10.2. The SMILES string of the molecule is COc1ccc(/C=C(/NC(=O)c2ccccc2)C(=O)Nc2cccc(SCC(=O)Nc3nc(-c4ccc(C)cc4)cs3)c2)cc1OC. The lowest BCUT2D eigenvalue weighted by Gasteiger charge is -2.13. The number of benzene rings is 4. The van der Waals surface area contributed by atoms with E-state index in [1.165, 1.54) is 42.9 Å². The van der Waals surface area contributed by atoms with Crippen LogP contribution >= 0.6 is 23.1 Å². The second-order valence-corrected chi connectivity index (χ2v) is 12.1. The first-order valence-corrected chi connectivity index (χ1v) is 16.3. The molecule has 0 radical (unpaired) electrons. The number of anilines is 2. The Labute approximate surface area is 281 Å². The van der Waals surface area contributed by atoms with Gasteiger partial charge in [0.15, 0.2) is 16.6 Å². The Kier molecular flexibility index (Phi) is 11.1. The molecule has 5 rings (SSSR count). The number of amides is 3. The van der Waals surface area contributed by atoms with Gasteiger partial charge in [0.05, 0.1) is 25.7 Å². The Morgan fingerprint density at radius 3 is 2.36 bits per heavy atom. The molecule has 5 aromatic rings. The largest absolute Gasteiger partial charge is 0.493 e. The molecule has 47 heavy (non-hydrogen) atoms. The standard InChI is InChI=1S/C36H32N4O5S2/c1-23-12-15-25(16-13-23)30-21-47-36(39-30)40-33(41)22-46-28-11-7-10-27(20-28)37-35(43)29(38-34(42)26-8-5-4-6-9-26)18-24-14-17-31(44-2)32(19-24)45-3/h4-21H,22H2,1-3H3,(H,37,43)(H,38,42)(H,39,40,41)/b29-18+. The quantitative estimate of drug-likeness (QED) is 0.0948. The van der Waals surface area contributed by atoms with Crippen LogP contribution in [0.1, 0.15) is 21.5 Å². The molecule has 0 saturated heterocycles. The number of nitrogens with one attached hydrogen (secondary N) is 3. The van der Waals surface area contributed by atoms with Crippen molar-refractivity contribution in [3.05, 3.63) is 125 Å². The van der Waals surface area contributed by atoms with Gasteiger partial charge < -0.3 is 25.4 Å². The lowest BCUT2D eigenvalue weighted by molar-refractivity contribution is -0.114. The van der Waals surface area contributed by atoms with Crippen molar-refractivity contribution in [1.82, 2.24) is 10.3 Å². The van der Waals surface area contributed by atoms with Crippen LogP contribution in [0.25, 0.3) is 17.3 Å². The average Bonchev–Trinajstić information content (AvgIpc) is 3.56. The van der Waals surface area contributed by atoms with Crippen molar-refractivity contribution in [3.8, 4) is 22.8 Å². The van der Waals surface area contributed by atoms with E-state index in [0.717, 1.165) is 16.2 Å². The van der Waals surface area contributed by atoms with Gasteiger partial charge in [-0.25, -0.2) is 4.98 Å². The lowest BCUT2D eigenvalue weighted by Crippen LogP contribution is -2.30. The van der Waals surface area contributed by atoms with Gasteiger partial charge in [-0.15, -0.1) is 23.1 Å². The number of hydrogen-bond acceptors (Lipinski definition) is 8. The van der Waals surface area contributed by atoms with Crippen LogP contribution in [0.5, 0.6) is 11.5 Å². The van der Waals surface area contributed by atoms with Crippen LogP contribution in [0.2, 0.25) is 0 Å². The number of carbonyl (C=O) groups excluding carboxylic acids is 3. The molecule has 0 aliphatic carbocycles. The highest BCUT2D eigenvalue weighted by Crippen LogP contribution is 2.29. The van der Waals surface area contributed by atoms with Crippen molar-refractivity contribution in [1.29, 1.82) is 0 Å². The van der Waals surface area contributed by atoms with E-state index in [1.807, 2.05) is 42.6 Å². The molecule has 0 spiro atoms. The summed E-state index contributed by atoms with van der Waals surface area (Å²) in [5, 5.41) is 10.9. The zero-order valence-corrected chi connectivity index (χ0v) is 27.5. The number of thiazole rings is 1. The molecule has 0 aliphatic rings. The number of thioether (sulfide) groups is 1. The monoisotopic (exact) mass is 664 g/mol. The van der Waals surface area contributed by atoms with Crippen molar-refractivity contribution < 1.29 is 23.9 Å². The highest BCUT2D eigenvalue weighted by molar-refractivity contribution is 8.00. The molecule has 4 aromatic carbocycles. The molecular formula is C36H32N4O5S2. The van der Waals surface area contributed by atoms with Crippen LogP contribution in [0.15, 0.2) is 113 Å². The van der Waals surface area contributed by atoms with Gasteiger partial charge in [0.1, 0.15) is 5.70 Å². The van der Waals surface area contributed by atoms with Crippen molar-refractivity contribution in [2.75, 3.05) is 30.6 Å². The third-order valence-corrected chi connectivity index (χ3v) is 8.56. The van der Waals surface area contributed by atoms with E-state index in [1.54, 1.807) is 72.8 Å². The summed E-state index contributed by atoms with van der Waals surface area (Å²) in [7, 11) is 3.06. The molecule has 1 heterocycles. The normalized spacial score (nSPS) is 11.0. The Morgan fingerprint density at radius 1 is 0.851 bits per heavy atom. The maximum Gasteiger partial charge on any atom is 0.272 e. The van der Waals surface area contributed by atoms with E-state index < -0.39 is 11.8 Å². The first-order chi connectivity index (χ1) is 22.8. The summed E-state index contributed by atoms with van der Waals surface area (Å²) in [6.45, 7) is 2.03. The van der Waals surface area contributed by atoms with Gasteiger partial charge in [-0.05, 0) is 61.0 Å². The number of rotatable bonds is 12. The van der Waals surface area contributed by atoms with Gasteiger partial charge >= 0.3 is 0 Å². The minimum atomic E-state index is -0.530. The molecule has 0 unspecified atom stereocenters. The molecular weight excluding hydrogens is 633 g/mol. The van der Waals surface area contributed by atoms with Crippen LogP contribution in [-0.4, -0.2) is 42.7 Å². The minimum absolute atomic E-state index is 0.0250. The molecule has 9 nitrogen and oxygen atoms in total. The maximum atomic E-state index is 13.5. The van der Waals surface area contributed by atoms with Crippen molar-refractivity contribution in [2.24, 2.45) is 0 Å². The first-order valence-electron chi connectivity index (χ1n) is 14.5. The molecule has 0 saturated carbocycles. The van der Waals surface area contributed by atoms with Gasteiger partial charge in [0, 0.05) is 27.1 Å². The molecule has 1 aromatic heterocycles. The fourth-order valence-electron chi connectivity index (χ4n) is 4.41. The number of ether oxygens (including phenoxy) is 2. The van der Waals surface area contributed by atoms with Gasteiger partial charge in [0.2, 0.25) is 5.91 Å². The number of aromatic nitrogens is 1. The summed E-state index contributed by atoms with van der Waals surface area (Å²) in [5.41, 5.74) is 4.50. The number of methoxy groups -OCH3 is 2. The number of aryl methyl sites for hydroxylation is 1. The van der Waals surface area contributed by atoms with Crippen LogP contribution in [-0.2, 0) is 9.59 Å². The van der Waals surface area contributed by atoms with Crippen molar-refractivity contribution >= 4 is 57.7 Å². The molecule has 3 N–H and O–H groups in total. The van der Waals surface area contributed by atoms with Crippen molar-refractivity contribution in [3.63, 3.8) is 0 Å². The molecule has 0 atom stereocenters. The summed E-state index contributed by atoms with van der Waals surface area (Å²) in [6, 6.07) is 29.0. The molecule has 0 fully saturated rings. The third kappa shape index (κ3) is 9.09. The molecule has 238 valence electrons. The van der Waals surface area contributed by atoms with E-state index in [-0.39, 0.29) is 17.4 Å². The van der Waals surface area contributed by atoms with E-state index in [2.05, 4.69) is 20.9 Å². The Hall–Kier alpha value is -5.39. The summed E-state index contributed by atoms with van der Waals surface area (Å²) in [4.78, 5) is 44.6. The molecule has 0 bridgehead atoms. The van der Waals surface area contributed by atoms with E-state index in [0.29, 0.717) is 33.4 Å². The van der Waals surface area contributed by atoms with Gasteiger partial charge in [-0.3, -0.25) is 14.4 Å². The van der Waals surface area contributed by atoms with Crippen LogP contribution in [0.4, 0.5) is 10.8 Å². The fraction of sp³-hybridized carbons (Fsp3) is 0.111. The Balaban J connectivity index is 1.25. The highest BCUT2D eigenvalue weighted by atomic mass is 32.2. The smallest absolute Gasteiger partial charge is 0.272 e. The zero-order valence-electron chi connectivity index (χ0n) is 25.9. The third-order valence-electron chi connectivity index (χ3n) is 6.81. The average molecular weight is 665 g/mol. The van der Waals surface area contributed by atoms with Gasteiger partial charge in [-0.1, -0.05) is 60.2 Å². The fourth-order valence-corrected chi connectivity index (χ4v) is 5.90. The number of nitrogens with zero attached hydrogens (tertiary/aromatic N) is 1. The van der Waals surface area contributed by atoms with Gasteiger partial charge in [0.25, 0.3) is 11.8 Å². The Bertz CT molecular complexity index is 1910. The second kappa shape index (κ2) is 15.7. The summed E-state index contributed by atoms with van der Waals surface area (Å²) in [6.07, 6.45) is 1.56. The minimum Gasteiger partial charge on any atom is -0.493 e. The summed E-state index contributed by atoms with van der Waals surface area (Å²) >= 11 is 2.69. The van der Waals surface area contributed by atoms with Crippen LogP contribution in [0.3, 0.4) is 0 Å². The Morgan fingerprint density at radius 2 is 1.62 bits per heavy atom. The van der Waals surface area contributed by atoms with Crippen LogP contribution in [0, 0.1) is 6.92 Å². The molecule has 11 heteroatoms. The maximum absolute atomic E-state index is 13.5. The van der Waals surface area contributed by atoms with Crippen LogP contribution < -0.4 is 25.4 Å². The van der Waals surface area contributed by atoms with Gasteiger partial charge in [-0.2, -0.15) is 0 Å². The predicted molar refractivity (Wildman–Crippen MR) is 188 cm³/mol. The number of hydrogen-bond donors (Lipinski definition) is 3. The summed E-state index contributed by atoms with van der Waals surface area (Å²) in [5.74, 6) is -0.00508. The summed E-state index contributed by atoms with van der Waals surface area (Å²) < 4.78 is 10.7. The van der Waals surface area contributed by atoms with E-state index in [9.17, 15) is 14.4 Å². The first kappa shape index (κ1) is 33.0. The number of carbonyl (C=O) groups is 3. The zero-order chi connectivity index (χ0) is 33.2. The topological polar surface area (TPSA) is 119 Å². The highest BCUT2D eigenvalue weighted by Gasteiger charge is 2.16. The molecule has 0 aliphatic heterocycles. The van der Waals surface area contributed by atoms with E-state index >= 15 is 0 Å². The van der Waals surface area contributed by atoms with Crippen molar-refractivity contribution in [2.45, 2.75) is 11.8 Å².